The Balaban J connectivity index is 0.861. The van der Waals surface area contributed by atoms with Gasteiger partial charge in [-0.05, 0) is 107 Å². The largest absolute Gasteiger partial charge is 0.343 e. The van der Waals surface area contributed by atoms with Gasteiger partial charge in [-0.15, -0.1) is 0 Å². The lowest BCUT2D eigenvalue weighted by atomic mass is 9.99. The van der Waals surface area contributed by atoms with Crippen molar-refractivity contribution in [2.24, 2.45) is 0 Å². The summed E-state index contributed by atoms with van der Waals surface area (Å²) in [6.07, 6.45) is 10.8. The van der Waals surface area contributed by atoms with E-state index in [-0.39, 0.29) is 29.2 Å². The summed E-state index contributed by atoms with van der Waals surface area (Å²) < 4.78 is 0. The van der Waals surface area contributed by atoms with Gasteiger partial charge in [0.1, 0.15) is 36.3 Å². The zero-order valence-corrected chi connectivity index (χ0v) is 35.2. The van der Waals surface area contributed by atoms with Crippen LogP contribution in [0.1, 0.15) is 85.4 Å². The van der Waals surface area contributed by atoms with E-state index in [4.69, 9.17) is 0 Å². The Bertz CT molecular complexity index is 2260. The number of carbonyl (C=O) groups excluding carboxylic acids is 8. The third-order valence-corrected chi connectivity index (χ3v) is 12.8. The summed E-state index contributed by atoms with van der Waals surface area (Å²) in [6.45, 7) is 3.42. The first-order valence-electron chi connectivity index (χ1n) is 21.9. The first-order valence-corrected chi connectivity index (χ1v) is 21.9. The van der Waals surface area contributed by atoms with Gasteiger partial charge < -0.3 is 40.4 Å². The van der Waals surface area contributed by atoms with E-state index in [1.807, 2.05) is 0 Å². The van der Waals surface area contributed by atoms with Crippen LogP contribution in [0.4, 0.5) is 11.4 Å². The van der Waals surface area contributed by atoms with E-state index in [0.717, 1.165) is 0 Å². The van der Waals surface area contributed by atoms with E-state index in [9.17, 15) is 38.4 Å². The fourth-order valence-electron chi connectivity index (χ4n) is 9.50. The molecule has 330 valence electrons. The number of amides is 8. The summed E-state index contributed by atoms with van der Waals surface area (Å²) in [4.78, 5) is 125. The maximum absolute atomic E-state index is 14.2. The Kier molecular flexibility index (Phi) is 12.8. The molecule has 18 heteroatoms. The highest BCUT2D eigenvalue weighted by molar-refractivity contribution is 6.04. The Hall–Kier alpha value is -6.72. The minimum absolute atomic E-state index is 0.267. The molecule has 3 aromatic rings. The third kappa shape index (κ3) is 8.97. The first-order chi connectivity index (χ1) is 30.5. The average molecular weight is 861 g/mol. The van der Waals surface area contributed by atoms with Gasteiger partial charge in [0.05, 0.1) is 17.4 Å². The molecule has 0 bridgehead atoms. The zero-order valence-electron chi connectivity index (χ0n) is 35.2. The van der Waals surface area contributed by atoms with Crippen molar-refractivity contribution in [3.63, 3.8) is 0 Å². The molecular formula is C45H52N10O8. The molecule has 6 atom stereocenters. The standard InChI is InChI=1S/C45H52N10O8/c1-28(41(59)51-20-5-14-34(51)40(58)50-32-12-4-19-47-27-32)48-38(56)33-13-6-21-52(33)44(62)36-16-8-23-54(36)42(60)29-9-2-11-31(25-29)49-39(57)35-15-7-22-53(35)45(63)37-17-24-55(37)43(61)30-10-3-18-46-26-30/h2-4,9-12,18-19,25-28,33-37H,5-8,13-17,20-24H2,1H3,(H,48,56)(H,49,57)(H,50,58)/t28-,33-,34-,35-,36-,37-/m0/s1. The lowest BCUT2D eigenvalue weighted by molar-refractivity contribution is -0.143. The second-order valence-electron chi connectivity index (χ2n) is 16.8. The number of benzene rings is 1. The highest BCUT2D eigenvalue weighted by Crippen LogP contribution is 2.30. The lowest BCUT2D eigenvalue weighted by Crippen LogP contribution is -2.60. The minimum Gasteiger partial charge on any atom is -0.343 e. The molecule has 63 heavy (non-hydrogen) atoms. The predicted octanol–water partition coefficient (Wildman–Crippen LogP) is 2.05. The van der Waals surface area contributed by atoms with E-state index in [0.29, 0.717) is 107 Å². The normalized spacial score (nSPS) is 23.5. The van der Waals surface area contributed by atoms with E-state index in [2.05, 4.69) is 25.9 Å². The van der Waals surface area contributed by atoms with Gasteiger partial charge in [-0.1, -0.05) is 6.07 Å². The molecule has 5 aliphatic rings. The highest BCUT2D eigenvalue weighted by Gasteiger charge is 2.46. The van der Waals surface area contributed by atoms with Crippen LogP contribution in [0, 0.1) is 0 Å². The average Bonchev–Trinajstić information content (AvgIpc) is 4.13. The summed E-state index contributed by atoms with van der Waals surface area (Å²) in [5, 5.41) is 8.49. The second kappa shape index (κ2) is 18.7. The van der Waals surface area contributed by atoms with Crippen molar-refractivity contribution in [3.8, 4) is 0 Å². The van der Waals surface area contributed by atoms with Crippen LogP contribution in [0.25, 0.3) is 0 Å². The summed E-state index contributed by atoms with van der Waals surface area (Å²) in [5.74, 6) is -2.87. The smallest absolute Gasteiger partial charge is 0.256 e. The van der Waals surface area contributed by atoms with Gasteiger partial charge >= 0.3 is 0 Å². The minimum atomic E-state index is -0.946. The molecule has 0 unspecified atom stereocenters. The number of rotatable bonds is 11. The van der Waals surface area contributed by atoms with E-state index in [1.54, 1.807) is 67.8 Å². The van der Waals surface area contributed by atoms with Crippen LogP contribution in [0.2, 0.25) is 0 Å². The van der Waals surface area contributed by atoms with Crippen molar-refractivity contribution in [1.29, 1.82) is 0 Å². The van der Waals surface area contributed by atoms with Gasteiger partial charge in [0, 0.05) is 62.6 Å². The van der Waals surface area contributed by atoms with Gasteiger partial charge in [-0.25, -0.2) is 0 Å². The second-order valence-corrected chi connectivity index (χ2v) is 16.8. The molecule has 2 aromatic heterocycles. The van der Waals surface area contributed by atoms with E-state index < -0.39 is 59.9 Å². The quantitative estimate of drug-likeness (QED) is 0.255. The molecule has 1 aromatic carbocycles. The van der Waals surface area contributed by atoms with Crippen molar-refractivity contribution in [3.05, 3.63) is 84.4 Å². The Morgan fingerprint density at radius 1 is 0.524 bits per heavy atom. The van der Waals surface area contributed by atoms with Crippen molar-refractivity contribution >= 4 is 58.6 Å². The summed E-state index contributed by atoms with van der Waals surface area (Å²) >= 11 is 0. The maximum atomic E-state index is 14.2. The molecule has 5 saturated heterocycles. The molecule has 3 N–H and O–H groups in total. The molecule has 8 amide bonds. The van der Waals surface area contributed by atoms with Crippen LogP contribution in [0.5, 0.6) is 0 Å². The molecule has 7 heterocycles. The van der Waals surface area contributed by atoms with Crippen LogP contribution < -0.4 is 16.0 Å². The van der Waals surface area contributed by atoms with Gasteiger partial charge in [0.15, 0.2) is 0 Å². The molecule has 0 radical (unpaired) electrons. The number of hydrogen-bond donors (Lipinski definition) is 3. The summed E-state index contributed by atoms with van der Waals surface area (Å²) in [6, 6.07) is 8.52. The van der Waals surface area contributed by atoms with Gasteiger partial charge in [-0.3, -0.25) is 48.3 Å². The number of nitrogens with one attached hydrogen (secondary N) is 3. The Labute approximate surface area is 364 Å². The fraction of sp³-hybridized carbons (Fsp3) is 0.467. The maximum Gasteiger partial charge on any atom is 0.256 e. The van der Waals surface area contributed by atoms with Crippen molar-refractivity contribution in [1.82, 2.24) is 39.8 Å². The molecule has 0 spiro atoms. The van der Waals surface area contributed by atoms with Crippen molar-refractivity contribution in [2.45, 2.75) is 101 Å². The van der Waals surface area contributed by atoms with Gasteiger partial charge in [0.25, 0.3) is 11.8 Å². The summed E-state index contributed by atoms with van der Waals surface area (Å²) in [5.41, 5.74) is 1.54. The monoisotopic (exact) mass is 860 g/mol. The van der Waals surface area contributed by atoms with E-state index in [1.165, 1.54) is 36.9 Å². The molecule has 0 saturated carbocycles. The number of likely N-dealkylation sites (tertiary alicyclic amines) is 5. The van der Waals surface area contributed by atoms with Crippen LogP contribution in [0.3, 0.4) is 0 Å². The molecule has 5 aliphatic heterocycles. The molecule has 5 fully saturated rings. The van der Waals surface area contributed by atoms with Crippen molar-refractivity contribution in [2.75, 3.05) is 43.4 Å². The number of aromatic nitrogens is 2. The van der Waals surface area contributed by atoms with Gasteiger partial charge in [-0.2, -0.15) is 0 Å². The molecule has 0 aliphatic carbocycles. The third-order valence-electron chi connectivity index (χ3n) is 12.8. The van der Waals surface area contributed by atoms with E-state index >= 15 is 0 Å². The molecule has 18 nitrogen and oxygen atoms in total. The zero-order chi connectivity index (χ0) is 44.2. The number of pyridine rings is 2. The Morgan fingerprint density at radius 2 is 1.02 bits per heavy atom. The fourth-order valence-corrected chi connectivity index (χ4v) is 9.50. The van der Waals surface area contributed by atoms with Gasteiger partial charge in [0.2, 0.25) is 35.4 Å². The van der Waals surface area contributed by atoms with Crippen LogP contribution >= 0.6 is 0 Å². The topological polar surface area (TPSA) is 215 Å². The number of nitrogens with zero attached hydrogens (tertiary/aromatic N) is 7. The Morgan fingerprint density at radius 3 is 1.62 bits per heavy atom. The van der Waals surface area contributed by atoms with Crippen LogP contribution in [-0.2, 0) is 28.8 Å². The number of carbonyl (C=O) groups is 8. The SMILES string of the molecule is C[C@H](NC(=O)[C@@H]1CCCN1C(=O)[C@@H]1CCCN1C(=O)c1cccc(NC(=O)[C@@H]2CCCN2C(=O)[C@@H]2CCN2C(=O)c2cccnc2)c1)C(=O)N1CCC[C@H]1C(=O)Nc1cccnc1. The lowest BCUT2D eigenvalue weighted by Gasteiger charge is -2.42. The molecule has 8 rings (SSSR count). The number of hydrogen-bond acceptors (Lipinski definition) is 10. The first kappa shape index (κ1) is 42.9. The highest BCUT2D eigenvalue weighted by atomic mass is 16.2. The molecular weight excluding hydrogens is 809 g/mol. The number of anilines is 2. The predicted molar refractivity (Wildman–Crippen MR) is 227 cm³/mol. The van der Waals surface area contributed by atoms with Crippen LogP contribution in [-0.4, -0.2) is 151 Å². The van der Waals surface area contributed by atoms with Crippen molar-refractivity contribution < 1.29 is 38.4 Å². The van der Waals surface area contributed by atoms with Crippen LogP contribution in [0.15, 0.2) is 73.3 Å². The summed E-state index contributed by atoms with van der Waals surface area (Å²) in [7, 11) is 0.